The highest BCUT2D eigenvalue weighted by atomic mass is 16.5. The number of fused-ring (bicyclic) bond motifs is 3. The molecule has 1 amide bonds. The van der Waals surface area contributed by atoms with Crippen molar-refractivity contribution in [3.05, 3.63) is 84.1 Å². The molecule has 0 aliphatic heterocycles. The third kappa shape index (κ3) is 3.60. The first-order valence-electron chi connectivity index (χ1n) is 8.96. The first-order chi connectivity index (χ1) is 13.2. The van der Waals surface area contributed by atoms with Crippen molar-refractivity contribution >= 4 is 27.6 Å². The molecule has 1 N–H and O–H groups in total. The van der Waals surface area contributed by atoms with Gasteiger partial charge in [-0.1, -0.05) is 42.5 Å². The van der Waals surface area contributed by atoms with Gasteiger partial charge in [0, 0.05) is 11.6 Å². The van der Waals surface area contributed by atoms with Crippen molar-refractivity contribution in [3.8, 4) is 5.75 Å². The quantitative estimate of drug-likeness (QED) is 0.423. The summed E-state index contributed by atoms with van der Waals surface area (Å²) in [6, 6.07) is 21.7. The Labute approximate surface area is 157 Å². The van der Waals surface area contributed by atoms with Crippen LogP contribution < -0.4 is 10.1 Å². The summed E-state index contributed by atoms with van der Waals surface area (Å²) in [6.45, 7) is 2.86. The SMILES string of the molecule is Cc1cccc(OCCNC(=O)c2cc3ccccc3c3cccnc23)c1. The Balaban J connectivity index is 1.52. The number of nitrogens with one attached hydrogen (secondary N) is 1. The van der Waals surface area contributed by atoms with Crippen LogP contribution in [0.15, 0.2) is 72.9 Å². The zero-order valence-electron chi connectivity index (χ0n) is 15.1. The van der Waals surface area contributed by atoms with Crippen LogP contribution in [0.5, 0.6) is 5.75 Å². The minimum Gasteiger partial charge on any atom is -0.492 e. The van der Waals surface area contributed by atoms with E-state index in [1.54, 1.807) is 6.20 Å². The molecular weight excluding hydrogens is 336 g/mol. The number of pyridine rings is 1. The number of nitrogens with zero attached hydrogens (tertiary/aromatic N) is 1. The number of carbonyl (C=O) groups excluding carboxylic acids is 1. The maximum Gasteiger partial charge on any atom is 0.253 e. The smallest absolute Gasteiger partial charge is 0.253 e. The van der Waals surface area contributed by atoms with Crippen molar-refractivity contribution in [1.29, 1.82) is 0 Å². The standard InChI is InChI=1S/C23H20N2O2/c1-16-6-4-8-18(14-16)27-13-12-25-23(26)21-15-17-7-2-3-9-19(17)20-10-5-11-24-22(20)21/h2-11,14-15H,12-13H2,1H3,(H,25,26). The van der Waals surface area contributed by atoms with Crippen molar-refractivity contribution in [2.45, 2.75) is 6.92 Å². The number of amides is 1. The van der Waals surface area contributed by atoms with E-state index in [-0.39, 0.29) is 5.91 Å². The van der Waals surface area contributed by atoms with Crippen LogP contribution in [0.2, 0.25) is 0 Å². The summed E-state index contributed by atoms with van der Waals surface area (Å²) < 4.78 is 5.70. The van der Waals surface area contributed by atoms with Gasteiger partial charge in [0.25, 0.3) is 5.91 Å². The molecule has 0 unspecified atom stereocenters. The Morgan fingerprint density at radius 1 is 1.00 bits per heavy atom. The van der Waals surface area contributed by atoms with Crippen LogP contribution >= 0.6 is 0 Å². The molecule has 27 heavy (non-hydrogen) atoms. The van der Waals surface area contributed by atoms with Crippen LogP contribution in [-0.4, -0.2) is 24.0 Å². The summed E-state index contributed by atoms with van der Waals surface area (Å²) in [5.41, 5.74) is 2.44. The Morgan fingerprint density at radius 3 is 2.74 bits per heavy atom. The lowest BCUT2D eigenvalue weighted by atomic mass is 10.0. The molecule has 4 aromatic rings. The van der Waals surface area contributed by atoms with Gasteiger partial charge >= 0.3 is 0 Å². The lowest BCUT2D eigenvalue weighted by Gasteiger charge is -2.11. The van der Waals surface area contributed by atoms with Crippen LogP contribution in [0, 0.1) is 6.92 Å². The maximum absolute atomic E-state index is 12.8. The summed E-state index contributed by atoms with van der Waals surface area (Å²) in [4.78, 5) is 17.2. The molecule has 0 aliphatic rings. The lowest BCUT2D eigenvalue weighted by Crippen LogP contribution is -2.28. The third-order valence-corrected chi connectivity index (χ3v) is 4.50. The van der Waals surface area contributed by atoms with Crippen LogP contribution in [0.4, 0.5) is 0 Å². The zero-order valence-corrected chi connectivity index (χ0v) is 15.1. The Bertz CT molecular complexity index is 1120. The zero-order chi connectivity index (χ0) is 18.6. The first-order valence-corrected chi connectivity index (χ1v) is 8.96. The third-order valence-electron chi connectivity index (χ3n) is 4.50. The topological polar surface area (TPSA) is 51.2 Å². The highest BCUT2D eigenvalue weighted by molar-refractivity contribution is 6.15. The van der Waals surface area contributed by atoms with Crippen molar-refractivity contribution in [2.75, 3.05) is 13.2 Å². The molecule has 4 rings (SSSR count). The molecule has 0 bridgehead atoms. The highest BCUT2D eigenvalue weighted by Gasteiger charge is 2.13. The molecule has 0 saturated carbocycles. The van der Waals surface area contributed by atoms with Crippen molar-refractivity contribution in [1.82, 2.24) is 10.3 Å². The highest BCUT2D eigenvalue weighted by Crippen LogP contribution is 2.27. The largest absolute Gasteiger partial charge is 0.492 e. The van der Waals surface area contributed by atoms with E-state index < -0.39 is 0 Å². The van der Waals surface area contributed by atoms with E-state index in [0.29, 0.717) is 24.2 Å². The minimum atomic E-state index is -0.141. The number of carbonyl (C=O) groups is 1. The predicted molar refractivity (Wildman–Crippen MR) is 108 cm³/mol. The van der Waals surface area contributed by atoms with Crippen LogP contribution in [0.25, 0.3) is 21.7 Å². The normalized spacial score (nSPS) is 10.9. The number of aromatic nitrogens is 1. The fourth-order valence-electron chi connectivity index (χ4n) is 3.24. The molecule has 0 radical (unpaired) electrons. The molecule has 1 heterocycles. The average molecular weight is 356 g/mol. The second-order valence-corrected chi connectivity index (χ2v) is 6.47. The summed E-state index contributed by atoms with van der Waals surface area (Å²) in [7, 11) is 0. The van der Waals surface area contributed by atoms with Gasteiger partial charge in [-0.15, -0.1) is 0 Å². The average Bonchev–Trinajstić information content (AvgIpc) is 2.70. The van der Waals surface area contributed by atoms with E-state index in [1.807, 2.05) is 67.6 Å². The van der Waals surface area contributed by atoms with Crippen LogP contribution in [0.3, 0.4) is 0 Å². The Kier molecular flexibility index (Phi) is 4.71. The van der Waals surface area contributed by atoms with Gasteiger partial charge in [-0.2, -0.15) is 0 Å². The fraction of sp³-hybridized carbons (Fsp3) is 0.130. The van der Waals surface area contributed by atoms with Crippen molar-refractivity contribution in [2.24, 2.45) is 0 Å². The van der Waals surface area contributed by atoms with Crippen LogP contribution in [-0.2, 0) is 0 Å². The molecule has 134 valence electrons. The fourth-order valence-corrected chi connectivity index (χ4v) is 3.24. The minimum absolute atomic E-state index is 0.141. The number of rotatable bonds is 5. The summed E-state index contributed by atoms with van der Waals surface area (Å²) in [6.07, 6.45) is 1.72. The molecule has 4 nitrogen and oxygen atoms in total. The van der Waals surface area contributed by atoms with E-state index in [2.05, 4.69) is 16.4 Å². The molecular formula is C23H20N2O2. The number of hydrogen-bond donors (Lipinski definition) is 1. The lowest BCUT2D eigenvalue weighted by molar-refractivity contribution is 0.0948. The van der Waals surface area contributed by atoms with Gasteiger partial charge in [-0.3, -0.25) is 9.78 Å². The van der Waals surface area contributed by atoms with E-state index >= 15 is 0 Å². The monoisotopic (exact) mass is 356 g/mol. The molecule has 0 saturated heterocycles. The second kappa shape index (κ2) is 7.46. The Hall–Kier alpha value is -3.40. The molecule has 0 fully saturated rings. The van der Waals surface area contributed by atoms with Gasteiger partial charge in [-0.05, 0) is 47.5 Å². The van der Waals surface area contributed by atoms with Gasteiger partial charge in [0.05, 0.1) is 17.6 Å². The van der Waals surface area contributed by atoms with Gasteiger partial charge in [0.1, 0.15) is 12.4 Å². The first kappa shape index (κ1) is 17.0. The van der Waals surface area contributed by atoms with Crippen LogP contribution in [0.1, 0.15) is 15.9 Å². The van der Waals surface area contributed by atoms with E-state index in [1.165, 1.54) is 0 Å². The van der Waals surface area contributed by atoms with Gasteiger partial charge in [0.2, 0.25) is 0 Å². The Morgan fingerprint density at radius 2 is 1.85 bits per heavy atom. The molecule has 0 aliphatic carbocycles. The van der Waals surface area contributed by atoms with E-state index in [9.17, 15) is 4.79 Å². The van der Waals surface area contributed by atoms with Gasteiger partial charge < -0.3 is 10.1 Å². The number of hydrogen-bond acceptors (Lipinski definition) is 3. The summed E-state index contributed by atoms with van der Waals surface area (Å²) in [5.74, 6) is 0.666. The summed E-state index contributed by atoms with van der Waals surface area (Å²) >= 11 is 0. The number of benzene rings is 3. The second-order valence-electron chi connectivity index (χ2n) is 6.47. The van der Waals surface area contributed by atoms with E-state index in [4.69, 9.17) is 4.74 Å². The molecule has 3 aromatic carbocycles. The molecule has 0 atom stereocenters. The van der Waals surface area contributed by atoms with E-state index in [0.717, 1.165) is 27.5 Å². The van der Waals surface area contributed by atoms with Crippen molar-refractivity contribution in [3.63, 3.8) is 0 Å². The molecule has 4 heteroatoms. The van der Waals surface area contributed by atoms with Gasteiger partial charge in [-0.25, -0.2) is 0 Å². The summed E-state index contributed by atoms with van der Waals surface area (Å²) in [5, 5.41) is 6.04. The number of aryl methyl sites for hydroxylation is 1. The molecule has 1 aromatic heterocycles. The number of ether oxygens (including phenoxy) is 1. The van der Waals surface area contributed by atoms with Crippen molar-refractivity contribution < 1.29 is 9.53 Å². The molecule has 0 spiro atoms. The van der Waals surface area contributed by atoms with Gasteiger partial charge in [0.15, 0.2) is 0 Å². The predicted octanol–water partition coefficient (Wildman–Crippen LogP) is 4.51. The maximum atomic E-state index is 12.8.